The smallest absolute Gasteiger partial charge is 0.219 e. The Morgan fingerprint density at radius 2 is 2.29 bits per heavy atom. The standard InChI is InChI=1S/C10H20BrNO2/c1-3-4-5-10(13)12-7-6-9(11)8-14-2/h9H,3-8H2,1-2H3,(H,12,13). The van der Waals surface area contributed by atoms with Crippen LogP contribution in [0.4, 0.5) is 0 Å². The predicted octanol–water partition coefficient (Wildman–Crippen LogP) is 2.09. The third-order valence-corrected chi connectivity index (χ3v) is 2.61. The van der Waals surface area contributed by atoms with Crippen molar-refractivity contribution >= 4 is 21.8 Å². The summed E-state index contributed by atoms with van der Waals surface area (Å²) in [5.41, 5.74) is 0. The van der Waals surface area contributed by atoms with E-state index in [1.54, 1.807) is 7.11 Å². The monoisotopic (exact) mass is 265 g/mol. The van der Waals surface area contributed by atoms with Gasteiger partial charge in [0.05, 0.1) is 6.61 Å². The lowest BCUT2D eigenvalue weighted by molar-refractivity contribution is -0.121. The normalized spacial score (nSPS) is 12.5. The van der Waals surface area contributed by atoms with Crippen molar-refractivity contribution in [1.29, 1.82) is 0 Å². The van der Waals surface area contributed by atoms with Crippen LogP contribution < -0.4 is 5.32 Å². The highest BCUT2D eigenvalue weighted by molar-refractivity contribution is 9.09. The fraction of sp³-hybridized carbons (Fsp3) is 0.900. The molecule has 0 aromatic rings. The van der Waals surface area contributed by atoms with E-state index in [0.29, 0.717) is 17.9 Å². The highest BCUT2D eigenvalue weighted by Gasteiger charge is 2.04. The van der Waals surface area contributed by atoms with Gasteiger partial charge in [-0.05, 0) is 12.8 Å². The molecular weight excluding hydrogens is 246 g/mol. The van der Waals surface area contributed by atoms with Crippen LogP contribution in [-0.4, -0.2) is 31.0 Å². The van der Waals surface area contributed by atoms with Crippen LogP contribution in [0.3, 0.4) is 0 Å². The van der Waals surface area contributed by atoms with Gasteiger partial charge in [0.1, 0.15) is 0 Å². The minimum Gasteiger partial charge on any atom is -0.384 e. The predicted molar refractivity (Wildman–Crippen MR) is 61.7 cm³/mol. The first kappa shape index (κ1) is 13.9. The van der Waals surface area contributed by atoms with Crippen molar-refractivity contribution in [2.24, 2.45) is 0 Å². The van der Waals surface area contributed by atoms with E-state index in [2.05, 4.69) is 28.2 Å². The molecule has 0 bridgehead atoms. The number of nitrogens with one attached hydrogen (secondary N) is 1. The van der Waals surface area contributed by atoms with Crippen molar-refractivity contribution in [2.45, 2.75) is 37.4 Å². The van der Waals surface area contributed by atoms with Crippen molar-refractivity contribution in [2.75, 3.05) is 20.3 Å². The van der Waals surface area contributed by atoms with Crippen LogP contribution in [-0.2, 0) is 9.53 Å². The van der Waals surface area contributed by atoms with Gasteiger partial charge in [-0.2, -0.15) is 0 Å². The molecule has 0 aliphatic carbocycles. The Balaban J connectivity index is 3.30. The van der Waals surface area contributed by atoms with Crippen molar-refractivity contribution < 1.29 is 9.53 Å². The number of carbonyl (C=O) groups excluding carboxylic acids is 1. The van der Waals surface area contributed by atoms with E-state index in [1.165, 1.54) is 0 Å². The largest absolute Gasteiger partial charge is 0.384 e. The van der Waals surface area contributed by atoms with Gasteiger partial charge in [-0.15, -0.1) is 0 Å². The molecule has 0 spiro atoms. The van der Waals surface area contributed by atoms with E-state index in [-0.39, 0.29) is 5.91 Å². The minimum atomic E-state index is 0.156. The lowest BCUT2D eigenvalue weighted by Crippen LogP contribution is -2.26. The first-order valence-corrected chi connectivity index (χ1v) is 6.02. The Morgan fingerprint density at radius 3 is 2.86 bits per heavy atom. The summed E-state index contributed by atoms with van der Waals surface area (Å²) < 4.78 is 4.97. The Kier molecular flexibility index (Phi) is 9.40. The molecule has 3 nitrogen and oxygen atoms in total. The maximum Gasteiger partial charge on any atom is 0.219 e. The van der Waals surface area contributed by atoms with Crippen LogP contribution in [0, 0.1) is 0 Å². The fourth-order valence-electron chi connectivity index (χ4n) is 1.06. The molecule has 84 valence electrons. The quantitative estimate of drug-likeness (QED) is 0.683. The number of unbranched alkanes of at least 4 members (excludes halogenated alkanes) is 1. The highest BCUT2D eigenvalue weighted by Crippen LogP contribution is 2.04. The number of amides is 1. The minimum absolute atomic E-state index is 0.156. The molecule has 0 radical (unpaired) electrons. The van der Waals surface area contributed by atoms with Crippen LogP contribution >= 0.6 is 15.9 Å². The maximum atomic E-state index is 11.2. The van der Waals surface area contributed by atoms with Crippen molar-refractivity contribution in [3.63, 3.8) is 0 Å². The van der Waals surface area contributed by atoms with Crippen molar-refractivity contribution in [1.82, 2.24) is 5.32 Å². The molecule has 1 unspecified atom stereocenters. The molecule has 0 saturated carbocycles. The molecule has 0 aliphatic rings. The molecule has 14 heavy (non-hydrogen) atoms. The number of methoxy groups -OCH3 is 1. The lowest BCUT2D eigenvalue weighted by Gasteiger charge is -2.09. The molecule has 0 rings (SSSR count). The van der Waals surface area contributed by atoms with Gasteiger partial charge < -0.3 is 10.1 Å². The van der Waals surface area contributed by atoms with Crippen LogP contribution in [0.25, 0.3) is 0 Å². The van der Waals surface area contributed by atoms with Gasteiger partial charge in [0, 0.05) is 24.9 Å². The second kappa shape index (κ2) is 9.46. The Hall–Kier alpha value is -0.0900. The maximum absolute atomic E-state index is 11.2. The number of ether oxygens (including phenoxy) is 1. The van der Waals surface area contributed by atoms with Crippen LogP contribution in [0.2, 0.25) is 0 Å². The van der Waals surface area contributed by atoms with E-state index in [4.69, 9.17) is 4.74 Å². The first-order chi connectivity index (χ1) is 6.70. The third-order valence-electron chi connectivity index (χ3n) is 1.88. The van der Waals surface area contributed by atoms with Gasteiger partial charge in [0.2, 0.25) is 5.91 Å². The Bertz CT molecular complexity index is 153. The zero-order valence-corrected chi connectivity index (χ0v) is 10.6. The third kappa shape index (κ3) is 8.51. The van der Waals surface area contributed by atoms with Gasteiger partial charge in [-0.1, -0.05) is 29.3 Å². The molecule has 0 fully saturated rings. The summed E-state index contributed by atoms with van der Waals surface area (Å²) in [5, 5.41) is 2.88. The van der Waals surface area contributed by atoms with Crippen LogP contribution in [0.5, 0.6) is 0 Å². The molecule has 4 heteroatoms. The van der Waals surface area contributed by atoms with E-state index >= 15 is 0 Å². The van der Waals surface area contributed by atoms with Gasteiger partial charge in [0.25, 0.3) is 0 Å². The van der Waals surface area contributed by atoms with Gasteiger partial charge >= 0.3 is 0 Å². The van der Waals surface area contributed by atoms with E-state index in [1.807, 2.05) is 0 Å². The van der Waals surface area contributed by atoms with E-state index < -0.39 is 0 Å². The number of alkyl halides is 1. The van der Waals surface area contributed by atoms with Crippen molar-refractivity contribution in [3.05, 3.63) is 0 Å². The second-order valence-electron chi connectivity index (χ2n) is 3.29. The number of hydrogen-bond acceptors (Lipinski definition) is 2. The summed E-state index contributed by atoms with van der Waals surface area (Å²) in [5.74, 6) is 0.156. The molecule has 0 heterocycles. The van der Waals surface area contributed by atoms with E-state index in [0.717, 1.165) is 25.8 Å². The summed E-state index contributed by atoms with van der Waals surface area (Å²) >= 11 is 3.46. The number of halogens is 1. The molecule has 0 aliphatic heterocycles. The number of hydrogen-bond donors (Lipinski definition) is 1. The molecule has 0 aromatic heterocycles. The molecule has 0 saturated heterocycles. The van der Waals surface area contributed by atoms with E-state index in [9.17, 15) is 4.79 Å². The van der Waals surface area contributed by atoms with Crippen LogP contribution in [0.15, 0.2) is 0 Å². The molecular formula is C10H20BrNO2. The molecule has 1 N–H and O–H groups in total. The zero-order chi connectivity index (χ0) is 10.8. The molecule has 0 aromatic carbocycles. The van der Waals surface area contributed by atoms with Gasteiger partial charge in [-0.3, -0.25) is 4.79 Å². The van der Waals surface area contributed by atoms with Crippen molar-refractivity contribution in [3.8, 4) is 0 Å². The average Bonchev–Trinajstić information content (AvgIpc) is 2.15. The average molecular weight is 266 g/mol. The summed E-state index contributed by atoms with van der Waals surface area (Å²) in [6, 6.07) is 0. The van der Waals surface area contributed by atoms with Gasteiger partial charge in [-0.25, -0.2) is 0 Å². The van der Waals surface area contributed by atoms with Crippen LogP contribution in [0.1, 0.15) is 32.6 Å². The molecule has 1 amide bonds. The SMILES string of the molecule is CCCCC(=O)NCCC(Br)COC. The summed E-state index contributed by atoms with van der Waals surface area (Å²) in [7, 11) is 1.67. The summed E-state index contributed by atoms with van der Waals surface area (Å²) in [4.78, 5) is 11.5. The first-order valence-electron chi connectivity index (χ1n) is 5.10. The number of carbonyl (C=O) groups is 1. The van der Waals surface area contributed by atoms with Gasteiger partial charge in [0.15, 0.2) is 0 Å². The topological polar surface area (TPSA) is 38.3 Å². The number of rotatable bonds is 8. The Labute approximate surface area is 94.7 Å². The second-order valence-corrected chi connectivity index (χ2v) is 4.59. The molecule has 1 atom stereocenters. The fourth-order valence-corrected chi connectivity index (χ4v) is 1.55. The zero-order valence-electron chi connectivity index (χ0n) is 9.01. The Morgan fingerprint density at radius 1 is 1.57 bits per heavy atom. The summed E-state index contributed by atoms with van der Waals surface area (Å²) in [6.45, 7) is 3.49. The summed E-state index contributed by atoms with van der Waals surface area (Å²) in [6.07, 6.45) is 3.60. The highest BCUT2D eigenvalue weighted by atomic mass is 79.9. The lowest BCUT2D eigenvalue weighted by atomic mass is 10.2.